The molecule has 0 saturated heterocycles. The number of hydrogen-bond donors (Lipinski definition) is 1. The zero-order valence-corrected chi connectivity index (χ0v) is 13.3. The average Bonchev–Trinajstić information content (AvgIpc) is 2.84. The van der Waals surface area contributed by atoms with Crippen LogP contribution in [0.15, 0.2) is 35.5 Å². The van der Waals surface area contributed by atoms with Gasteiger partial charge < -0.3 is 10.3 Å². The lowest BCUT2D eigenvalue weighted by Gasteiger charge is -2.17. The quantitative estimate of drug-likeness (QED) is 0.894. The number of imidazole rings is 1. The minimum atomic E-state index is -3.54. The number of nitrogens with two attached hydrogens (primary N) is 1. The van der Waals surface area contributed by atoms with Crippen molar-refractivity contribution >= 4 is 10.0 Å². The van der Waals surface area contributed by atoms with Gasteiger partial charge in [-0.15, -0.1) is 0 Å². The average molecular weight is 308 g/mol. The fraction of sp³-hybridized carbons (Fsp3) is 0.357. The van der Waals surface area contributed by atoms with Crippen molar-refractivity contribution in [3.05, 3.63) is 47.5 Å². The van der Waals surface area contributed by atoms with Gasteiger partial charge in [-0.3, -0.25) is 0 Å². The van der Waals surface area contributed by atoms with Crippen LogP contribution in [-0.2, 0) is 30.2 Å². The maximum atomic E-state index is 12.6. The molecule has 0 unspecified atom stereocenters. The van der Waals surface area contributed by atoms with Gasteiger partial charge in [0.05, 0.1) is 11.4 Å². The summed E-state index contributed by atoms with van der Waals surface area (Å²) in [6.45, 7) is 2.48. The first-order chi connectivity index (χ1) is 9.86. The Kier molecular flexibility index (Phi) is 4.46. The molecular weight excluding hydrogens is 288 g/mol. The second-order valence-electron chi connectivity index (χ2n) is 5.01. The van der Waals surface area contributed by atoms with Crippen LogP contribution in [0.25, 0.3) is 0 Å². The molecule has 0 atom stereocenters. The maximum Gasteiger partial charge on any atom is 0.243 e. The van der Waals surface area contributed by atoms with Gasteiger partial charge in [-0.2, -0.15) is 4.31 Å². The van der Waals surface area contributed by atoms with Gasteiger partial charge in [0.15, 0.2) is 0 Å². The Morgan fingerprint density at radius 1 is 1.38 bits per heavy atom. The summed E-state index contributed by atoms with van der Waals surface area (Å²) in [5.41, 5.74) is 7.43. The molecule has 0 aliphatic carbocycles. The number of aryl methyl sites for hydroxylation is 2. The highest BCUT2D eigenvalue weighted by atomic mass is 32.2. The van der Waals surface area contributed by atoms with Gasteiger partial charge in [0.1, 0.15) is 5.82 Å². The lowest BCUT2D eigenvalue weighted by molar-refractivity contribution is 0.451. The fourth-order valence-corrected chi connectivity index (χ4v) is 3.28. The third-order valence-corrected chi connectivity index (χ3v) is 5.33. The Balaban J connectivity index is 2.29. The zero-order chi connectivity index (χ0) is 15.6. The van der Waals surface area contributed by atoms with Gasteiger partial charge in [-0.1, -0.05) is 6.07 Å². The van der Waals surface area contributed by atoms with E-state index in [-0.39, 0.29) is 11.4 Å². The monoisotopic (exact) mass is 308 g/mol. The molecular formula is C14H20N4O2S. The molecule has 1 aromatic heterocycles. The van der Waals surface area contributed by atoms with Crippen molar-refractivity contribution in [3.8, 4) is 0 Å². The molecule has 7 heteroatoms. The summed E-state index contributed by atoms with van der Waals surface area (Å²) in [6.07, 6.45) is 3.44. The molecule has 0 radical (unpaired) electrons. The summed E-state index contributed by atoms with van der Waals surface area (Å²) < 4.78 is 28.3. The predicted octanol–water partition coefficient (Wildman–Crippen LogP) is 1.01. The topological polar surface area (TPSA) is 81.2 Å². The van der Waals surface area contributed by atoms with Gasteiger partial charge in [0.2, 0.25) is 10.0 Å². The maximum absolute atomic E-state index is 12.6. The Hall–Kier alpha value is -1.70. The summed E-state index contributed by atoms with van der Waals surface area (Å²) in [7, 11) is -0.152. The molecule has 2 aromatic rings. The zero-order valence-electron chi connectivity index (χ0n) is 12.4. The number of sulfonamides is 1. The third-order valence-electron chi connectivity index (χ3n) is 3.53. The summed E-state index contributed by atoms with van der Waals surface area (Å²) >= 11 is 0. The van der Waals surface area contributed by atoms with Crippen molar-refractivity contribution in [2.24, 2.45) is 12.8 Å². The Morgan fingerprint density at radius 2 is 2.10 bits per heavy atom. The Labute approximate surface area is 125 Å². The molecule has 1 aromatic carbocycles. The highest BCUT2D eigenvalue weighted by Crippen LogP contribution is 2.19. The second-order valence-corrected chi connectivity index (χ2v) is 7.05. The molecule has 0 fully saturated rings. The molecule has 0 spiro atoms. The van der Waals surface area contributed by atoms with E-state index >= 15 is 0 Å². The second kappa shape index (κ2) is 5.97. The molecule has 1 heterocycles. The minimum absolute atomic E-state index is 0.226. The first-order valence-corrected chi connectivity index (χ1v) is 8.02. The van der Waals surface area contributed by atoms with Crippen LogP contribution in [0.4, 0.5) is 0 Å². The first-order valence-electron chi connectivity index (χ1n) is 6.58. The fourth-order valence-electron chi connectivity index (χ4n) is 2.07. The first kappa shape index (κ1) is 15.7. The van der Waals surface area contributed by atoms with Gasteiger partial charge in [-0.25, -0.2) is 13.4 Å². The van der Waals surface area contributed by atoms with Crippen LogP contribution in [0.5, 0.6) is 0 Å². The largest absolute Gasteiger partial charge is 0.337 e. The normalized spacial score (nSPS) is 12.0. The van der Waals surface area contributed by atoms with Crippen LogP contribution >= 0.6 is 0 Å². The molecule has 0 bridgehead atoms. The number of aromatic nitrogens is 2. The molecule has 0 aliphatic rings. The molecule has 2 rings (SSSR count). The number of nitrogens with zero attached hydrogens (tertiary/aromatic N) is 3. The van der Waals surface area contributed by atoms with E-state index in [0.29, 0.717) is 12.4 Å². The summed E-state index contributed by atoms with van der Waals surface area (Å²) in [5, 5.41) is 0. The van der Waals surface area contributed by atoms with E-state index in [4.69, 9.17) is 5.73 Å². The Morgan fingerprint density at radius 3 is 2.62 bits per heavy atom. The van der Waals surface area contributed by atoms with Crippen molar-refractivity contribution in [3.63, 3.8) is 0 Å². The van der Waals surface area contributed by atoms with Gasteiger partial charge >= 0.3 is 0 Å². The van der Waals surface area contributed by atoms with Crippen LogP contribution in [0.2, 0.25) is 0 Å². The van der Waals surface area contributed by atoms with Gasteiger partial charge in [0.25, 0.3) is 0 Å². The standard InChI is InChI=1S/C14H20N4O2S/c1-11-8-13(5-4-12(11)9-15)21(19,20)18(3)10-14-16-6-7-17(14)2/h4-8H,9-10,15H2,1-3H3. The molecule has 2 N–H and O–H groups in total. The summed E-state index contributed by atoms with van der Waals surface area (Å²) in [5.74, 6) is 0.691. The van der Waals surface area contributed by atoms with E-state index in [1.165, 1.54) is 4.31 Å². The SMILES string of the molecule is Cc1cc(S(=O)(=O)N(C)Cc2nccn2C)ccc1CN. The molecule has 114 valence electrons. The predicted molar refractivity (Wildman–Crippen MR) is 80.9 cm³/mol. The van der Waals surface area contributed by atoms with Crippen LogP contribution in [-0.4, -0.2) is 29.3 Å². The van der Waals surface area contributed by atoms with E-state index < -0.39 is 10.0 Å². The summed E-state index contributed by atoms with van der Waals surface area (Å²) in [6, 6.07) is 5.02. The van der Waals surface area contributed by atoms with E-state index in [1.807, 2.05) is 14.0 Å². The van der Waals surface area contributed by atoms with Crippen LogP contribution in [0.3, 0.4) is 0 Å². The van der Waals surface area contributed by atoms with Gasteiger partial charge in [-0.05, 0) is 30.2 Å². The minimum Gasteiger partial charge on any atom is -0.337 e. The number of hydrogen-bond acceptors (Lipinski definition) is 4. The highest BCUT2D eigenvalue weighted by Gasteiger charge is 2.22. The number of rotatable bonds is 5. The van der Waals surface area contributed by atoms with Crippen molar-refractivity contribution in [2.45, 2.75) is 24.9 Å². The third kappa shape index (κ3) is 3.15. The van der Waals surface area contributed by atoms with E-state index in [0.717, 1.165) is 11.1 Å². The molecule has 21 heavy (non-hydrogen) atoms. The van der Waals surface area contributed by atoms with Crippen molar-refractivity contribution in [1.29, 1.82) is 0 Å². The van der Waals surface area contributed by atoms with Crippen LogP contribution in [0, 0.1) is 6.92 Å². The van der Waals surface area contributed by atoms with Crippen molar-refractivity contribution in [1.82, 2.24) is 13.9 Å². The lowest BCUT2D eigenvalue weighted by atomic mass is 10.1. The van der Waals surface area contributed by atoms with E-state index in [1.54, 1.807) is 42.2 Å². The molecule has 0 aliphatic heterocycles. The van der Waals surface area contributed by atoms with Crippen LogP contribution < -0.4 is 5.73 Å². The van der Waals surface area contributed by atoms with E-state index in [9.17, 15) is 8.42 Å². The summed E-state index contributed by atoms with van der Waals surface area (Å²) in [4.78, 5) is 4.42. The number of benzene rings is 1. The van der Waals surface area contributed by atoms with E-state index in [2.05, 4.69) is 4.98 Å². The molecule has 6 nitrogen and oxygen atoms in total. The highest BCUT2D eigenvalue weighted by molar-refractivity contribution is 7.89. The Bertz CT molecular complexity index is 737. The lowest BCUT2D eigenvalue weighted by Crippen LogP contribution is -2.27. The molecule has 0 amide bonds. The van der Waals surface area contributed by atoms with Crippen LogP contribution in [0.1, 0.15) is 17.0 Å². The van der Waals surface area contributed by atoms with Gasteiger partial charge in [0, 0.05) is 33.0 Å². The smallest absolute Gasteiger partial charge is 0.243 e. The van der Waals surface area contributed by atoms with Crippen molar-refractivity contribution < 1.29 is 8.42 Å². The molecule has 0 saturated carbocycles. The van der Waals surface area contributed by atoms with Crippen molar-refractivity contribution in [2.75, 3.05) is 7.05 Å².